The molecule has 1 fully saturated rings. The van der Waals surface area contributed by atoms with E-state index in [1.165, 1.54) is 0 Å². The molecular weight excluding hydrogens is 459 g/mol. The van der Waals surface area contributed by atoms with Gasteiger partial charge in [0.15, 0.2) is 5.69 Å². The van der Waals surface area contributed by atoms with Gasteiger partial charge in [-0.1, -0.05) is 46.9 Å². The molecule has 0 saturated carbocycles. The molecule has 0 bridgehead atoms. The van der Waals surface area contributed by atoms with Crippen molar-refractivity contribution < 1.29 is 9.90 Å². The molecule has 4 rings (SSSR count). The molecule has 1 amide bonds. The van der Waals surface area contributed by atoms with Gasteiger partial charge in [0, 0.05) is 34.3 Å². The zero-order chi connectivity index (χ0) is 22.1. The molecule has 2 heterocycles. The molecule has 1 atom stereocenters. The van der Waals surface area contributed by atoms with E-state index < -0.39 is 6.10 Å². The van der Waals surface area contributed by atoms with Gasteiger partial charge in [0.05, 0.1) is 22.5 Å². The van der Waals surface area contributed by atoms with E-state index in [4.69, 9.17) is 34.8 Å². The van der Waals surface area contributed by atoms with E-state index in [-0.39, 0.29) is 11.6 Å². The predicted octanol–water partition coefficient (Wildman–Crippen LogP) is 4.91. The average molecular weight is 480 g/mol. The van der Waals surface area contributed by atoms with Crippen molar-refractivity contribution in [2.24, 2.45) is 0 Å². The van der Waals surface area contributed by atoms with Gasteiger partial charge in [-0.05, 0) is 50.1 Å². The number of amides is 1. The minimum absolute atomic E-state index is 0.274. The molecule has 0 aliphatic carbocycles. The summed E-state index contributed by atoms with van der Waals surface area (Å²) in [5.74, 6) is -0.342. The summed E-state index contributed by atoms with van der Waals surface area (Å²) in [6, 6.07) is 12.4. The van der Waals surface area contributed by atoms with Gasteiger partial charge in [-0.25, -0.2) is 9.69 Å². The SMILES string of the molecule is Cc1c(C(=O)NN2CCC[C@H](O)C2)nn(-c2ccc(Cl)cc2Cl)c1-c1ccc(Cl)cc1. The molecule has 0 spiro atoms. The summed E-state index contributed by atoms with van der Waals surface area (Å²) >= 11 is 18.6. The quantitative estimate of drug-likeness (QED) is 0.558. The first-order valence-corrected chi connectivity index (χ1v) is 11.0. The van der Waals surface area contributed by atoms with E-state index in [1.54, 1.807) is 40.0 Å². The number of carbonyl (C=O) groups is 1. The summed E-state index contributed by atoms with van der Waals surface area (Å²) in [5, 5.41) is 17.8. The summed E-state index contributed by atoms with van der Waals surface area (Å²) in [5.41, 5.74) is 6.01. The number of carbonyl (C=O) groups excluding carboxylic acids is 1. The highest BCUT2D eigenvalue weighted by Crippen LogP contribution is 2.33. The Morgan fingerprint density at radius 2 is 1.84 bits per heavy atom. The standard InChI is InChI=1S/C22H21Cl3N4O2/c1-13-20(22(31)27-28-10-2-3-17(30)12-28)26-29(19-9-8-16(24)11-18(19)25)21(13)14-4-6-15(23)7-5-14/h4-9,11,17,30H,2-3,10,12H2,1H3,(H,27,31)/t17-/m0/s1. The van der Waals surface area contributed by atoms with Crippen molar-refractivity contribution >= 4 is 40.7 Å². The van der Waals surface area contributed by atoms with Crippen molar-refractivity contribution in [1.82, 2.24) is 20.2 Å². The van der Waals surface area contributed by atoms with Crippen LogP contribution in [0.4, 0.5) is 0 Å². The number of aliphatic hydroxyl groups excluding tert-OH is 1. The lowest BCUT2D eigenvalue weighted by Gasteiger charge is -2.29. The van der Waals surface area contributed by atoms with E-state index in [9.17, 15) is 9.90 Å². The second kappa shape index (κ2) is 9.18. The number of β-amino-alcohol motifs (C(OH)–C–C–N with tert-alkyl or cyclic N) is 1. The van der Waals surface area contributed by atoms with Gasteiger partial charge < -0.3 is 5.11 Å². The third-order valence-corrected chi connectivity index (χ3v) is 6.04. The number of piperidine rings is 1. The number of aromatic nitrogens is 2. The van der Waals surface area contributed by atoms with Gasteiger partial charge in [0.2, 0.25) is 0 Å². The lowest BCUT2D eigenvalue weighted by molar-refractivity contribution is 0.0364. The van der Waals surface area contributed by atoms with E-state index in [2.05, 4.69) is 10.5 Å². The van der Waals surface area contributed by atoms with Gasteiger partial charge in [0.1, 0.15) is 0 Å². The summed E-state index contributed by atoms with van der Waals surface area (Å²) in [4.78, 5) is 13.1. The number of halogens is 3. The van der Waals surface area contributed by atoms with Crippen LogP contribution in [0.5, 0.6) is 0 Å². The minimum Gasteiger partial charge on any atom is -0.392 e. The lowest BCUT2D eigenvalue weighted by atomic mass is 10.1. The molecular formula is C22H21Cl3N4O2. The number of rotatable bonds is 4. The van der Waals surface area contributed by atoms with Crippen LogP contribution < -0.4 is 5.43 Å². The smallest absolute Gasteiger partial charge is 0.286 e. The van der Waals surface area contributed by atoms with Gasteiger partial charge in [-0.3, -0.25) is 10.2 Å². The number of hydrazine groups is 1. The zero-order valence-electron chi connectivity index (χ0n) is 16.8. The van der Waals surface area contributed by atoms with Gasteiger partial charge in [0.25, 0.3) is 5.91 Å². The minimum atomic E-state index is -0.454. The summed E-state index contributed by atoms with van der Waals surface area (Å²) in [6.07, 6.45) is 1.09. The van der Waals surface area contributed by atoms with Crippen LogP contribution in [0.1, 0.15) is 28.9 Å². The van der Waals surface area contributed by atoms with Crippen LogP contribution in [0, 0.1) is 6.92 Å². The Morgan fingerprint density at radius 1 is 1.13 bits per heavy atom. The van der Waals surface area contributed by atoms with Gasteiger partial charge in [-0.15, -0.1) is 0 Å². The first-order chi connectivity index (χ1) is 14.8. The van der Waals surface area contributed by atoms with Crippen molar-refractivity contribution in [1.29, 1.82) is 0 Å². The molecule has 1 aliphatic rings. The van der Waals surface area contributed by atoms with Crippen LogP contribution in [-0.2, 0) is 0 Å². The van der Waals surface area contributed by atoms with Gasteiger partial charge >= 0.3 is 0 Å². The maximum absolute atomic E-state index is 13.1. The fraction of sp³-hybridized carbons (Fsp3) is 0.273. The molecule has 162 valence electrons. The summed E-state index contributed by atoms with van der Waals surface area (Å²) in [6.45, 7) is 2.91. The largest absolute Gasteiger partial charge is 0.392 e. The van der Waals surface area contributed by atoms with Crippen LogP contribution in [-0.4, -0.2) is 45.0 Å². The number of nitrogens with zero attached hydrogens (tertiary/aromatic N) is 3. The first kappa shape index (κ1) is 22.1. The second-order valence-corrected chi connectivity index (χ2v) is 8.80. The van der Waals surface area contributed by atoms with E-state index in [0.29, 0.717) is 39.4 Å². The zero-order valence-corrected chi connectivity index (χ0v) is 19.0. The number of aliphatic hydroxyl groups is 1. The average Bonchev–Trinajstić information content (AvgIpc) is 3.06. The highest BCUT2D eigenvalue weighted by molar-refractivity contribution is 6.35. The Bertz CT molecular complexity index is 1110. The van der Waals surface area contributed by atoms with E-state index >= 15 is 0 Å². The van der Waals surface area contributed by atoms with Crippen molar-refractivity contribution in [3.05, 3.63) is 68.8 Å². The Kier molecular flexibility index (Phi) is 6.55. The molecule has 2 aromatic carbocycles. The molecule has 9 heteroatoms. The molecule has 31 heavy (non-hydrogen) atoms. The van der Waals surface area contributed by atoms with E-state index in [1.807, 2.05) is 19.1 Å². The number of hydrogen-bond donors (Lipinski definition) is 2. The summed E-state index contributed by atoms with van der Waals surface area (Å²) < 4.78 is 1.65. The molecule has 2 N–H and O–H groups in total. The van der Waals surface area contributed by atoms with Crippen LogP contribution in [0.3, 0.4) is 0 Å². The Morgan fingerprint density at radius 3 is 2.52 bits per heavy atom. The lowest BCUT2D eigenvalue weighted by Crippen LogP contribution is -2.49. The maximum Gasteiger partial charge on any atom is 0.286 e. The molecule has 1 aliphatic heterocycles. The third kappa shape index (κ3) is 4.73. The number of benzene rings is 2. The Hall–Kier alpha value is -2.09. The van der Waals surface area contributed by atoms with Crippen molar-refractivity contribution in [2.45, 2.75) is 25.9 Å². The third-order valence-electron chi connectivity index (χ3n) is 5.25. The van der Waals surface area contributed by atoms with Crippen LogP contribution >= 0.6 is 34.8 Å². The Labute approximate surface area is 195 Å². The molecule has 1 saturated heterocycles. The predicted molar refractivity (Wildman–Crippen MR) is 123 cm³/mol. The molecule has 1 aromatic heterocycles. The molecule has 3 aromatic rings. The monoisotopic (exact) mass is 478 g/mol. The highest BCUT2D eigenvalue weighted by atomic mass is 35.5. The highest BCUT2D eigenvalue weighted by Gasteiger charge is 2.26. The number of nitrogens with one attached hydrogen (secondary N) is 1. The van der Waals surface area contributed by atoms with Crippen molar-refractivity contribution in [2.75, 3.05) is 13.1 Å². The topological polar surface area (TPSA) is 70.4 Å². The molecule has 6 nitrogen and oxygen atoms in total. The normalized spacial score (nSPS) is 17.0. The molecule has 0 radical (unpaired) electrons. The fourth-order valence-corrected chi connectivity index (χ4v) is 4.35. The summed E-state index contributed by atoms with van der Waals surface area (Å²) in [7, 11) is 0. The maximum atomic E-state index is 13.1. The van der Waals surface area contributed by atoms with Crippen LogP contribution in [0.2, 0.25) is 15.1 Å². The second-order valence-electron chi connectivity index (χ2n) is 7.52. The van der Waals surface area contributed by atoms with Gasteiger partial charge in [-0.2, -0.15) is 5.10 Å². The molecule has 0 unspecified atom stereocenters. The first-order valence-electron chi connectivity index (χ1n) is 9.88. The number of hydrogen-bond acceptors (Lipinski definition) is 4. The van der Waals surface area contributed by atoms with Crippen LogP contribution in [0.25, 0.3) is 16.9 Å². The van der Waals surface area contributed by atoms with Crippen molar-refractivity contribution in [3.8, 4) is 16.9 Å². The fourth-order valence-electron chi connectivity index (χ4n) is 3.74. The van der Waals surface area contributed by atoms with E-state index in [0.717, 1.165) is 24.1 Å². The van der Waals surface area contributed by atoms with Crippen LogP contribution in [0.15, 0.2) is 42.5 Å². The Balaban J connectivity index is 1.78. The van der Waals surface area contributed by atoms with Crippen molar-refractivity contribution in [3.63, 3.8) is 0 Å².